The Labute approximate surface area is 101 Å². The van der Waals surface area contributed by atoms with Crippen molar-refractivity contribution in [1.29, 1.82) is 0 Å². The van der Waals surface area contributed by atoms with Crippen molar-refractivity contribution >= 4 is 22.6 Å². The van der Waals surface area contributed by atoms with Crippen molar-refractivity contribution < 1.29 is 4.74 Å². The number of nitrogens with one attached hydrogen (secondary N) is 1. The lowest BCUT2D eigenvalue weighted by atomic mass is 10.3. The fraction of sp³-hybridized carbons (Fsp3) is 0.556. The Morgan fingerprint density at radius 3 is 2.87 bits per heavy atom. The van der Waals surface area contributed by atoms with E-state index in [1.807, 2.05) is 22.6 Å². The fourth-order valence-corrected chi connectivity index (χ4v) is 1.65. The van der Waals surface area contributed by atoms with Gasteiger partial charge >= 0.3 is 5.69 Å². The predicted octanol–water partition coefficient (Wildman–Crippen LogP) is 0.568. The molecular formula is C9H13IN2O3. The van der Waals surface area contributed by atoms with Crippen LogP contribution in [-0.2, 0) is 11.3 Å². The minimum absolute atomic E-state index is 0.325. The Morgan fingerprint density at radius 1 is 1.47 bits per heavy atom. The lowest BCUT2D eigenvalue weighted by molar-refractivity contribution is 0.191. The summed E-state index contributed by atoms with van der Waals surface area (Å²) in [6.07, 6.45) is 3.34. The number of unbranched alkanes of at least 4 members (excludes halogenated alkanes) is 1. The molecule has 0 saturated heterocycles. The quantitative estimate of drug-likeness (QED) is 0.636. The van der Waals surface area contributed by atoms with E-state index in [0.717, 1.165) is 12.8 Å². The number of hydrogen-bond donors (Lipinski definition) is 1. The number of aromatic amines is 1. The van der Waals surface area contributed by atoms with Crippen LogP contribution in [0.4, 0.5) is 0 Å². The number of methoxy groups -OCH3 is 1. The SMILES string of the molecule is COCCCCn1cc(I)c(=O)[nH]c1=O. The first-order valence-corrected chi connectivity index (χ1v) is 5.71. The van der Waals surface area contributed by atoms with E-state index in [2.05, 4.69) is 4.98 Å². The van der Waals surface area contributed by atoms with Gasteiger partial charge in [0, 0.05) is 26.5 Å². The molecule has 0 unspecified atom stereocenters. The number of H-pyrrole nitrogens is 1. The van der Waals surface area contributed by atoms with Gasteiger partial charge in [-0.15, -0.1) is 0 Å². The van der Waals surface area contributed by atoms with E-state index >= 15 is 0 Å². The van der Waals surface area contributed by atoms with Crippen LogP contribution in [0.25, 0.3) is 0 Å². The molecule has 0 saturated carbocycles. The summed E-state index contributed by atoms with van der Waals surface area (Å²) in [5, 5.41) is 0. The van der Waals surface area contributed by atoms with E-state index in [-0.39, 0.29) is 11.2 Å². The molecule has 1 N–H and O–H groups in total. The van der Waals surface area contributed by atoms with Gasteiger partial charge in [-0.2, -0.15) is 0 Å². The van der Waals surface area contributed by atoms with Gasteiger partial charge < -0.3 is 4.74 Å². The summed E-state index contributed by atoms with van der Waals surface area (Å²) in [4.78, 5) is 24.7. The van der Waals surface area contributed by atoms with Crippen LogP contribution in [0.1, 0.15) is 12.8 Å². The Balaban J connectivity index is 2.66. The zero-order valence-corrected chi connectivity index (χ0v) is 10.6. The minimum Gasteiger partial charge on any atom is -0.385 e. The van der Waals surface area contributed by atoms with E-state index < -0.39 is 0 Å². The van der Waals surface area contributed by atoms with Crippen molar-refractivity contribution in [2.75, 3.05) is 13.7 Å². The first kappa shape index (κ1) is 12.4. The van der Waals surface area contributed by atoms with Crippen molar-refractivity contribution in [3.05, 3.63) is 30.6 Å². The van der Waals surface area contributed by atoms with Gasteiger partial charge in [-0.1, -0.05) is 0 Å². The summed E-state index contributed by atoms with van der Waals surface area (Å²) >= 11 is 1.91. The lowest BCUT2D eigenvalue weighted by Gasteiger charge is -2.04. The summed E-state index contributed by atoms with van der Waals surface area (Å²) in [5.41, 5.74) is -0.674. The maximum absolute atomic E-state index is 11.3. The van der Waals surface area contributed by atoms with Gasteiger partial charge in [-0.05, 0) is 35.4 Å². The average Bonchev–Trinajstić information content (AvgIpc) is 2.20. The lowest BCUT2D eigenvalue weighted by Crippen LogP contribution is -2.31. The summed E-state index contributed by atoms with van der Waals surface area (Å²) in [6, 6.07) is 0. The van der Waals surface area contributed by atoms with Crippen LogP contribution in [0.15, 0.2) is 15.8 Å². The van der Waals surface area contributed by atoms with Crippen molar-refractivity contribution in [3.8, 4) is 0 Å². The summed E-state index contributed by atoms with van der Waals surface area (Å²) < 4.78 is 6.95. The summed E-state index contributed by atoms with van der Waals surface area (Å²) in [7, 11) is 1.65. The topological polar surface area (TPSA) is 64.1 Å². The number of halogens is 1. The van der Waals surface area contributed by atoms with E-state index in [9.17, 15) is 9.59 Å². The number of aryl methyl sites for hydroxylation is 1. The number of ether oxygens (including phenoxy) is 1. The maximum atomic E-state index is 11.3. The molecule has 1 rings (SSSR count). The third-order valence-electron chi connectivity index (χ3n) is 1.96. The molecule has 5 nitrogen and oxygen atoms in total. The van der Waals surface area contributed by atoms with E-state index in [4.69, 9.17) is 4.74 Å². The molecule has 0 amide bonds. The molecule has 6 heteroatoms. The largest absolute Gasteiger partial charge is 0.385 e. The van der Waals surface area contributed by atoms with Crippen LogP contribution >= 0.6 is 22.6 Å². The number of nitrogens with zero attached hydrogens (tertiary/aromatic N) is 1. The second-order valence-electron chi connectivity index (χ2n) is 3.13. The molecule has 0 spiro atoms. The highest BCUT2D eigenvalue weighted by molar-refractivity contribution is 14.1. The van der Waals surface area contributed by atoms with Gasteiger partial charge in [0.15, 0.2) is 0 Å². The Hall–Kier alpha value is -0.630. The molecule has 0 aliphatic rings. The first-order chi connectivity index (χ1) is 7.15. The van der Waals surface area contributed by atoms with Crippen LogP contribution < -0.4 is 11.2 Å². The Kier molecular flexibility index (Phi) is 5.03. The molecule has 0 radical (unpaired) electrons. The molecule has 0 aliphatic heterocycles. The van der Waals surface area contributed by atoms with Crippen LogP contribution in [-0.4, -0.2) is 23.3 Å². The Bertz CT molecular complexity index is 424. The van der Waals surface area contributed by atoms with Gasteiger partial charge in [0.2, 0.25) is 0 Å². The maximum Gasteiger partial charge on any atom is 0.328 e. The molecule has 1 aromatic rings. The molecule has 0 atom stereocenters. The zero-order valence-electron chi connectivity index (χ0n) is 8.46. The second kappa shape index (κ2) is 6.06. The van der Waals surface area contributed by atoms with Crippen LogP contribution in [0.5, 0.6) is 0 Å². The minimum atomic E-state index is -0.349. The third-order valence-corrected chi connectivity index (χ3v) is 2.73. The molecule has 1 heterocycles. The standard InChI is InChI=1S/C9H13IN2O3/c1-15-5-3-2-4-12-6-7(10)8(13)11-9(12)14/h6H,2-5H2,1H3,(H,11,13,14). The summed E-state index contributed by atoms with van der Waals surface area (Å²) in [6.45, 7) is 1.30. The second-order valence-corrected chi connectivity index (χ2v) is 4.29. The number of rotatable bonds is 5. The van der Waals surface area contributed by atoms with Gasteiger partial charge in [0.25, 0.3) is 5.56 Å². The van der Waals surface area contributed by atoms with Crippen molar-refractivity contribution in [2.24, 2.45) is 0 Å². The van der Waals surface area contributed by atoms with E-state index in [1.165, 1.54) is 4.57 Å². The smallest absolute Gasteiger partial charge is 0.328 e. The van der Waals surface area contributed by atoms with Gasteiger partial charge in [0.05, 0.1) is 3.57 Å². The van der Waals surface area contributed by atoms with Gasteiger partial charge in [-0.3, -0.25) is 14.3 Å². The first-order valence-electron chi connectivity index (χ1n) is 4.63. The highest BCUT2D eigenvalue weighted by Crippen LogP contribution is 1.96. The monoisotopic (exact) mass is 324 g/mol. The number of hydrogen-bond acceptors (Lipinski definition) is 3. The predicted molar refractivity (Wildman–Crippen MR) is 65.1 cm³/mol. The molecular weight excluding hydrogens is 311 g/mol. The van der Waals surface area contributed by atoms with Crippen molar-refractivity contribution in [1.82, 2.24) is 9.55 Å². The molecule has 84 valence electrons. The van der Waals surface area contributed by atoms with Crippen molar-refractivity contribution in [3.63, 3.8) is 0 Å². The van der Waals surface area contributed by atoms with Gasteiger partial charge in [-0.25, -0.2) is 4.79 Å². The molecule has 1 aromatic heterocycles. The Morgan fingerprint density at radius 2 is 2.20 bits per heavy atom. The molecule has 0 aliphatic carbocycles. The summed E-state index contributed by atoms with van der Waals surface area (Å²) in [5.74, 6) is 0. The fourth-order valence-electron chi connectivity index (χ4n) is 1.18. The van der Waals surface area contributed by atoms with Crippen LogP contribution in [0, 0.1) is 3.57 Å². The third kappa shape index (κ3) is 3.78. The van der Waals surface area contributed by atoms with Crippen LogP contribution in [0.3, 0.4) is 0 Å². The highest BCUT2D eigenvalue weighted by Gasteiger charge is 2.00. The van der Waals surface area contributed by atoms with Crippen LogP contribution in [0.2, 0.25) is 0 Å². The van der Waals surface area contributed by atoms with Crippen molar-refractivity contribution in [2.45, 2.75) is 19.4 Å². The average molecular weight is 324 g/mol. The molecule has 0 bridgehead atoms. The molecule has 15 heavy (non-hydrogen) atoms. The normalized spacial score (nSPS) is 10.5. The molecule has 0 aromatic carbocycles. The van der Waals surface area contributed by atoms with Gasteiger partial charge in [0.1, 0.15) is 0 Å². The zero-order chi connectivity index (χ0) is 11.3. The van der Waals surface area contributed by atoms with E-state index in [1.54, 1.807) is 13.3 Å². The van der Waals surface area contributed by atoms with E-state index in [0.29, 0.717) is 16.7 Å². The highest BCUT2D eigenvalue weighted by atomic mass is 127. The number of aromatic nitrogens is 2. The molecule has 0 fully saturated rings.